The van der Waals surface area contributed by atoms with E-state index in [1.54, 1.807) is 18.2 Å². The first kappa shape index (κ1) is 16.6. The van der Waals surface area contributed by atoms with Crippen molar-refractivity contribution in [2.24, 2.45) is 0 Å². The summed E-state index contributed by atoms with van der Waals surface area (Å²) < 4.78 is 10.6. The summed E-state index contributed by atoms with van der Waals surface area (Å²) in [5.74, 6) is 1.19. The van der Waals surface area contributed by atoms with Crippen LogP contribution in [-0.4, -0.2) is 17.7 Å². The fourth-order valence-corrected chi connectivity index (χ4v) is 3.79. The molecule has 1 amide bonds. The monoisotopic (exact) mass is 366 g/mol. The van der Waals surface area contributed by atoms with Crippen LogP contribution in [-0.2, 0) is 12.8 Å². The van der Waals surface area contributed by atoms with E-state index in [0.717, 1.165) is 23.5 Å². The van der Waals surface area contributed by atoms with E-state index in [2.05, 4.69) is 22.4 Å². The highest BCUT2D eigenvalue weighted by atomic mass is 32.1. The minimum atomic E-state index is -0.148. The van der Waals surface area contributed by atoms with E-state index >= 15 is 0 Å². The van der Waals surface area contributed by atoms with Crippen LogP contribution in [0.15, 0.2) is 48.5 Å². The summed E-state index contributed by atoms with van der Waals surface area (Å²) in [6.45, 7) is 2.09. The Balaban J connectivity index is 1.44. The van der Waals surface area contributed by atoms with Crippen LogP contribution in [0.1, 0.15) is 25.9 Å². The predicted molar refractivity (Wildman–Crippen MR) is 101 cm³/mol. The molecule has 0 saturated heterocycles. The van der Waals surface area contributed by atoms with Crippen LogP contribution in [0.5, 0.6) is 11.5 Å². The Morgan fingerprint density at radius 1 is 1.12 bits per heavy atom. The molecule has 132 valence electrons. The van der Waals surface area contributed by atoms with Gasteiger partial charge >= 0.3 is 0 Å². The number of anilines is 1. The summed E-state index contributed by atoms with van der Waals surface area (Å²) in [5, 5.41) is 3.89. The van der Waals surface area contributed by atoms with Gasteiger partial charge in [-0.2, -0.15) is 0 Å². The van der Waals surface area contributed by atoms with Crippen molar-refractivity contribution in [1.29, 1.82) is 0 Å². The van der Waals surface area contributed by atoms with Gasteiger partial charge in [-0.05, 0) is 31.0 Å². The molecule has 0 fully saturated rings. The largest absolute Gasteiger partial charge is 0.454 e. The number of ether oxygens (including phenoxy) is 2. The molecule has 0 saturated carbocycles. The Bertz CT molecular complexity index is 937. The highest BCUT2D eigenvalue weighted by Crippen LogP contribution is 2.34. The van der Waals surface area contributed by atoms with Crippen LogP contribution in [0.2, 0.25) is 0 Å². The van der Waals surface area contributed by atoms with E-state index < -0.39 is 0 Å². The average Bonchev–Trinajstić information content (AvgIpc) is 3.26. The third-order valence-electron chi connectivity index (χ3n) is 4.15. The Morgan fingerprint density at radius 2 is 1.92 bits per heavy atom. The Labute approximate surface area is 155 Å². The number of carbonyl (C=O) groups is 1. The number of nitrogens with one attached hydrogen (secondary N) is 1. The zero-order valence-electron chi connectivity index (χ0n) is 14.3. The van der Waals surface area contributed by atoms with Crippen LogP contribution < -0.4 is 14.8 Å². The molecule has 1 aromatic heterocycles. The second kappa shape index (κ2) is 7.17. The first-order valence-electron chi connectivity index (χ1n) is 8.40. The molecule has 4 rings (SSSR count). The van der Waals surface area contributed by atoms with Crippen molar-refractivity contribution >= 4 is 22.9 Å². The Kier molecular flexibility index (Phi) is 4.58. The van der Waals surface area contributed by atoms with Gasteiger partial charge in [-0.15, -0.1) is 11.3 Å². The summed E-state index contributed by atoms with van der Waals surface area (Å²) in [6, 6.07) is 15.7. The molecule has 1 aliphatic heterocycles. The third-order valence-corrected chi connectivity index (χ3v) is 5.36. The van der Waals surface area contributed by atoms with Crippen molar-refractivity contribution in [3.05, 3.63) is 69.7 Å². The molecule has 2 aromatic carbocycles. The van der Waals surface area contributed by atoms with Gasteiger partial charge in [0.25, 0.3) is 5.91 Å². The van der Waals surface area contributed by atoms with E-state index in [9.17, 15) is 4.79 Å². The second-order valence-corrected chi connectivity index (χ2v) is 7.11. The number of hydrogen-bond donors (Lipinski definition) is 1. The zero-order chi connectivity index (χ0) is 17.9. The number of aryl methyl sites for hydroxylation is 3. The number of nitrogens with zero attached hydrogens (tertiary/aromatic N) is 1. The number of benzene rings is 2. The molecular weight excluding hydrogens is 348 g/mol. The zero-order valence-corrected chi connectivity index (χ0v) is 15.1. The molecule has 2 heterocycles. The number of fused-ring (bicyclic) bond motifs is 1. The molecule has 26 heavy (non-hydrogen) atoms. The molecule has 1 aliphatic rings. The first-order valence-corrected chi connectivity index (χ1v) is 9.22. The molecule has 0 aliphatic carbocycles. The van der Waals surface area contributed by atoms with E-state index in [4.69, 9.17) is 9.47 Å². The van der Waals surface area contributed by atoms with E-state index in [-0.39, 0.29) is 12.7 Å². The summed E-state index contributed by atoms with van der Waals surface area (Å²) in [5.41, 5.74) is 2.71. The number of hydrogen-bond acceptors (Lipinski definition) is 5. The van der Waals surface area contributed by atoms with Gasteiger partial charge in [-0.25, -0.2) is 4.98 Å². The fourth-order valence-electron chi connectivity index (χ4n) is 2.83. The summed E-state index contributed by atoms with van der Waals surface area (Å²) in [6.07, 6.45) is 1.74. The van der Waals surface area contributed by atoms with Crippen molar-refractivity contribution in [2.45, 2.75) is 19.8 Å². The number of amides is 1. The maximum atomic E-state index is 12.6. The lowest BCUT2D eigenvalue weighted by Gasteiger charge is -2.05. The minimum absolute atomic E-state index is 0.148. The van der Waals surface area contributed by atoms with Gasteiger partial charge in [-0.1, -0.05) is 30.3 Å². The number of thiazole rings is 1. The van der Waals surface area contributed by atoms with Crippen molar-refractivity contribution in [3.8, 4) is 11.5 Å². The van der Waals surface area contributed by atoms with Gasteiger partial charge in [-0.3, -0.25) is 4.79 Å². The molecule has 0 unspecified atom stereocenters. The lowest BCUT2D eigenvalue weighted by molar-refractivity contribution is 0.103. The lowest BCUT2D eigenvalue weighted by Crippen LogP contribution is -2.11. The summed E-state index contributed by atoms with van der Waals surface area (Å²) in [7, 11) is 0. The van der Waals surface area contributed by atoms with Gasteiger partial charge < -0.3 is 14.8 Å². The van der Waals surface area contributed by atoms with Crippen LogP contribution in [0.25, 0.3) is 0 Å². The topological polar surface area (TPSA) is 60.5 Å². The van der Waals surface area contributed by atoms with Crippen molar-refractivity contribution in [2.75, 3.05) is 12.1 Å². The predicted octanol–water partition coefficient (Wildman–Crippen LogP) is 4.22. The summed E-state index contributed by atoms with van der Waals surface area (Å²) in [4.78, 5) is 17.8. The number of carbonyl (C=O) groups excluding carboxylic acids is 1. The van der Waals surface area contributed by atoms with Crippen LogP contribution in [0.3, 0.4) is 0 Å². The quantitative estimate of drug-likeness (QED) is 0.734. The Hall–Kier alpha value is -2.86. The molecule has 0 radical (unpaired) electrons. The van der Waals surface area contributed by atoms with Crippen molar-refractivity contribution < 1.29 is 14.3 Å². The minimum Gasteiger partial charge on any atom is -0.454 e. The molecule has 0 bridgehead atoms. The molecule has 5 nitrogen and oxygen atoms in total. The first-order chi connectivity index (χ1) is 12.7. The molecule has 0 atom stereocenters. The third kappa shape index (κ3) is 3.55. The second-order valence-electron chi connectivity index (χ2n) is 6.03. The fraction of sp³-hybridized carbons (Fsp3) is 0.200. The van der Waals surface area contributed by atoms with Gasteiger partial charge in [0.1, 0.15) is 4.88 Å². The average molecular weight is 366 g/mol. The molecular formula is C20H18N2O3S. The highest BCUT2D eigenvalue weighted by Gasteiger charge is 2.18. The SMILES string of the molecule is Cc1nc(CCc2ccccc2)sc1C(=O)Nc1ccc2c(c1)OCO2. The van der Waals surface area contributed by atoms with Crippen LogP contribution in [0.4, 0.5) is 5.69 Å². The van der Waals surface area contributed by atoms with E-state index in [0.29, 0.717) is 22.1 Å². The van der Waals surface area contributed by atoms with Gasteiger partial charge in [0, 0.05) is 18.2 Å². The maximum absolute atomic E-state index is 12.6. The van der Waals surface area contributed by atoms with Crippen LogP contribution in [0, 0.1) is 6.92 Å². The van der Waals surface area contributed by atoms with Crippen molar-refractivity contribution in [3.63, 3.8) is 0 Å². The summed E-state index contributed by atoms with van der Waals surface area (Å²) >= 11 is 1.45. The highest BCUT2D eigenvalue weighted by molar-refractivity contribution is 7.13. The molecule has 1 N–H and O–H groups in total. The Morgan fingerprint density at radius 3 is 2.77 bits per heavy atom. The number of rotatable bonds is 5. The molecule has 3 aromatic rings. The molecule has 0 spiro atoms. The van der Waals surface area contributed by atoms with Crippen LogP contribution >= 0.6 is 11.3 Å². The van der Waals surface area contributed by atoms with E-state index in [1.165, 1.54) is 16.9 Å². The van der Waals surface area contributed by atoms with Gasteiger partial charge in [0.05, 0.1) is 10.7 Å². The lowest BCUT2D eigenvalue weighted by atomic mass is 10.1. The normalized spacial score (nSPS) is 12.2. The van der Waals surface area contributed by atoms with Gasteiger partial charge in [0.2, 0.25) is 6.79 Å². The number of aromatic nitrogens is 1. The van der Waals surface area contributed by atoms with Crippen molar-refractivity contribution in [1.82, 2.24) is 4.98 Å². The van der Waals surface area contributed by atoms with Gasteiger partial charge in [0.15, 0.2) is 11.5 Å². The maximum Gasteiger partial charge on any atom is 0.267 e. The van der Waals surface area contributed by atoms with E-state index in [1.807, 2.05) is 25.1 Å². The molecule has 6 heteroatoms. The smallest absolute Gasteiger partial charge is 0.267 e. The standard InChI is InChI=1S/C20H18N2O3S/c1-13-19(26-18(21-13)10-7-14-5-3-2-4-6-14)20(23)22-15-8-9-16-17(11-15)25-12-24-16/h2-6,8-9,11H,7,10,12H2,1H3,(H,22,23).